The minimum Gasteiger partial charge on any atom is -0.379 e. The lowest BCUT2D eigenvalue weighted by atomic mass is 9.91. The molecule has 2 aliphatic rings. The Hall–Kier alpha value is -0.170. The van der Waals surface area contributed by atoms with Crippen LogP contribution in [-0.4, -0.2) is 50.3 Å². The van der Waals surface area contributed by atoms with Gasteiger partial charge in [0.25, 0.3) is 0 Å². The molecule has 2 N–H and O–H groups in total. The number of ether oxygens (including phenoxy) is 1. The summed E-state index contributed by atoms with van der Waals surface area (Å²) in [6, 6.07) is -0.315. The van der Waals surface area contributed by atoms with Gasteiger partial charge in [-0.1, -0.05) is 0 Å². The van der Waals surface area contributed by atoms with Crippen molar-refractivity contribution in [3.05, 3.63) is 0 Å². The normalized spacial score (nSPS) is 44.6. The average Bonchev–Trinajstić information content (AvgIpc) is 2.55. The van der Waals surface area contributed by atoms with Crippen LogP contribution in [0.2, 0.25) is 0 Å². The van der Waals surface area contributed by atoms with Gasteiger partial charge in [0.1, 0.15) is 0 Å². The van der Waals surface area contributed by atoms with Crippen LogP contribution < -0.4 is 5.73 Å². The summed E-state index contributed by atoms with van der Waals surface area (Å²) < 4.78 is 29.7. The lowest BCUT2D eigenvalue weighted by Crippen LogP contribution is -2.53. The first-order valence-corrected chi connectivity index (χ1v) is 5.90. The molecule has 76 valence electrons. The van der Waals surface area contributed by atoms with E-state index in [1.54, 1.807) is 7.05 Å². The van der Waals surface area contributed by atoms with Gasteiger partial charge in [0.2, 0.25) is 10.0 Å². The summed E-state index contributed by atoms with van der Waals surface area (Å²) in [5.41, 5.74) is 5.38. The molecule has 1 spiro atoms. The topological polar surface area (TPSA) is 72.6 Å². The standard InChI is InChI=1S/C7H14N2O3S/c1-9-7(2-3-12-5-7)6(8)4-13(9,10)11/h6H,2-5,8H2,1H3. The van der Waals surface area contributed by atoms with E-state index in [0.717, 1.165) is 0 Å². The Morgan fingerprint density at radius 1 is 1.62 bits per heavy atom. The molecule has 0 bridgehead atoms. The second-order valence-electron chi connectivity index (χ2n) is 3.76. The number of nitrogens with two attached hydrogens (primary N) is 1. The molecule has 2 saturated heterocycles. The molecule has 0 aromatic carbocycles. The van der Waals surface area contributed by atoms with Gasteiger partial charge in [-0.3, -0.25) is 0 Å². The zero-order chi connectivity index (χ0) is 9.69. The van der Waals surface area contributed by atoms with Crippen molar-refractivity contribution in [3.63, 3.8) is 0 Å². The maximum Gasteiger partial charge on any atom is 0.216 e. The highest BCUT2D eigenvalue weighted by Crippen LogP contribution is 2.36. The van der Waals surface area contributed by atoms with E-state index >= 15 is 0 Å². The largest absolute Gasteiger partial charge is 0.379 e. The summed E-state index contributed by atoms with van der Waals surface area (Å²) in [4.78, 5) is 0. The van der Waals surface area contributed by atoms with Crippen molar-refractivity contribution in [1.29, 1.82) is 0 Å². The molecule has 0 aromatic heterocycles. The number of sulfonamides is 1. The molecule has 0 aliphatic carbocycles. The van der Waals surface area contributed by atoms with Gasteiger partial charge in [0.05, 0.1) is 17.9 Å². The third kappa shape index (κ3) is 1.13. The molecule has 2 heterocycles. The number of nitrogens with zero attached hydrogens (tertiary/aromatic N) is 1. The number of rotatable bonds is 0. The van der Waals surface area contributed by atoms with Gasteiger partial charge in [-0.15, -0.1) is 0 Å². The van der Waals surface area contributed by atoms with Crippen LogP contribution in [0.15, 0.2) is 0 Å². The van der Waals surface area contributed by atoms with Crippen LogP contribution in [0.1, 0.15) is 6.42 Å². The second-order valence-corrected chi connectivity index (χ2v) is 5.80. The Morgan fingerprint density at radius 3 is 2.69 bits per heavy atom. The maximum atomic E-state index is 11.5. The first-order chi connectivity index (χ1) is 5.99. The van der Waals surface area contributed by atoms with Crippen LogP contribution in [0.3, 0.4) is 0 Å². The first kappa shape index (κ1) is 9.39. The minimum absolute atomic E-state index is 0.0485. The van der Waals surface area contributed by atoms with E-state index in [9.17, 15) is 8.42 Å². The van der Waals surface area contributed by atoms with E-state index in [2.05, 4.69) is 0 Å². The summed E-state index contributed by atoms with van der Waals surface area (Å²) >= 11 is 0. The molecule has 6 heteroatoms. The second kappa shape index (κ2) is 2.66. The van der Waals surface area contributed by atoms with E-state index in [0.29, 0.717) is 19.6 Å². The number of hydrogen-bond donors (Lipinski definition) is 1. The van der Waals surface area contributed by atoms with Crippen LogP contribution in [0, 0.1) is 0 Å². The van der Waals surface area contributed by atoms with Crippen LogP contribution >= 0.6 is 0 Å². The van der Waals surface area contributed by atoms with Gasteiger partial charge < -0.3 is 10.5 Å². The summed E-state index contributed by atoms with van der Waals surface area (Å²) in [6.45, 7) is 1.04. The van der Waals surface area contributed by atoms with E-state index < -0.39 is 15.6 Å². The van der Waals surface area contributed by atoms with Gasteiger partial charge in [0.15, 0.2) is 0 Å². The maximum absolute atomic E-state index is 11.5. The van der Waals surface area contributed by atoms with Crippen molar-refractivity contribution in [3.8, 4) is 0 Å². The van der Waals surface area contributed by atoms with Gasteiger partial charge in [-0.25, -0.2) is 8.42 Å². The highest BCUT2D eigenvalue weighted by atomic mass is 32.2. The van der Waals surface area contributed by atoms with Gasteiger partial charge in [0, 0.05) is 19.7 Å². The van der Waals surface area contributed by atoms with Crippen molar-refractivity contribution >= 4 is 10.0 Å². The van der Waals surface area contributed by atoms with Crippen molar-refractivity contribution in [2.24, 2.45) is 5.73 Å². The molecule has 2 aliphatic heterocycles. The Kier molecular flexibility index (Phi) is 1.92. The SMILES string of the molecule is CN1C2(CCOC2)C(N)CS1(=O)=O. The fraction of sp³-hybridized carbons (Fsp3) is 1.00. The van der Waals surface area contributed by atoms with Crippen LogP contribution in [0.5, 0.6) is 0 Å². The Labute approximate surface area is 77.9 Å². The van der Waals surface area contributed by atoms with Crippen molar-refractivity contribution in [2.75, 3.05) is 26.0 Å². The minimum atomic E-state index is -3.14. The lowest BCUT2D eigenvalue weighted by Gasteiger charge is -2.31. The van der Waals surface area contributed by atoms with Crippen molar-refractivity contribution in [2.45, 2.75) is 18.0 Å². The molecular weight excluding hydrogens is 192 g/mol. The third-order valence-corrected chi connectivity index (χ3v) is 5.13. The Bertz CT molecular complexity index is 308. The van der Waals surface area contributed by atoms with Crippen LogP contribution in [0.25, 0.3) is 0 Å². The zero-order valence-corrected chi connectivity index (χ0v) is 8.38. The van der Waals surface area contributed by atoms with Crippen molar-refractivity contribution < 1.29 is 13.2 Å². The highest BCUT2D eigenvalue weighted by Gasteiger charge is 2.55. The predicted octanol–water partition coefficient (Wildman–Crippen LogP) is -1.25. The predicted molar refractivity (Wildman–Crippen MR) is 47.7 cm³/mol. The molecule has 0 aromatic rings. The molecule has 0 saturated carbocycles. The molecule has 13 heavy (non-hydrogen) atoms. The Balaban J connectivity index is 2.39. The van der Waals surface area contributed by atoms with Crippen LogP contribution in [-0.2, 0) is 14.8 Å². The number of hydrogen-bond acceptors (Lipinski definition) is 4. The monoisotopic (exact) mass is 206 g/mol. The lowest BCUT2D eigenvalue weighted by molar-refractivity contribution is 0.135. The first-order valence-electron chi connectivity index (χ1n) is 4.29. The van der Waals surface area contributed by atoms with Gasteiger partial charge in [-0.05, 0) is 6.42 Å². The fourth-order valence-electron chi connectivity index (χ4n) is 2.12. The summed E-state index contributed by atoms with van der Waals surface area (Å²) in [7, 11) is -1.54. The molecule has 2 rings (SSSR count). The molecule has 0 amide bonds. The quantitative estimate of drug-likeness (QED) is 0.537. The zero-order valence-electron chi connectivity index (χ0n) is 7.56. The highest BCUT2D eigenvalue weighted by molar-refractivity contribution is 7.89. The summed E-state index contributed by atoms with van der Waals surface area (Å²) in [6.07, 6.45) is 0.712. The van der Waals surface area contributed by atoms with Gasteiger partial charge in [-0.2, -0.15) is 4.31 Å². The smallest absolute Gasteiger partial charge is 0.216 e. The molecule has 5 nitrogen and oxygen atoms in total. The molecular formula is C7H14N2O3S. The summed E-state index contributed by atoms with van der Waals surface area (Å²) in [5, 5.41) is 0. The fourth-order valence-corrected chi connectivity index (χ4v) is 3.94. The van der Waals surface area contributed by atoms with E-state index in [1.165, 1.54) is 4.31 Å². The molecule has 2 unspecified atom stereocenters. The molecule has 0 radical (unpaired) electrons. The van der Waals surface area contributed by atoms with E-state index in [1.807, 2.05) is 0 Å². The number of likely N-dealkylation sites (N-methyl/N-ethyl adjacent to an activating group) is 1. The molecule has 2 atom stereocenters. The van der Waals surface area contributed by atoms with Gasteiger partial charge >= 0.3 is 0 Å². The third-order valence-electron chi connectivity index (χ3n) is 3.16. The summed E-state index contributed by atoms with van der Waals surface area (Å²) in [5.74, 6) is 0.0485. The van der Waals surface area contributed by atoms with Crippen LogP contribution in [0.4, 0.5) is 0 Å². The van der Waals surface area contributed by atoms with E-state index in [4.69, 9.17) is 10.5 Å². The molecule has 2 fully saturated rings. The Morgan fingerprint density at radius 2 is 2.31 bits per heavy atom. The average molecular weight is 206 g/mol. The van der Waals surface area contributed by atoms with E-state index in [-0.39, 0.29) is 11.8 Å². The van der Waals surface area contributed by atoms with Crippen molar-refractivity contribution in [1.82, 2.24) is 4.31 Å².